The van der Waals surface area contributed by atoms with E-state index in [1.165, 1.54) is 20.3 Å². The lowest BCUT2D eigenvalue weighted by Gasteiger charge is -2.15. The smallest absolute Gasteiger partial charge is 0.246 e. The molecule has 0 heterocycles. The summed E-state index contributed by atoms with van der Waals surface area (Å²) in [6.45, 7) is 1.87. The number of rotatable bonds is 5. The normalized spacial score (nSPS) is 11.9. The van der Waals surface area contributed by atoms with Gasteiger partial charge in [-0.05, 0) is 24.6 Å². The molecule has 1 aromatic carbocycles. The molecule has 0 fully saturated rings. The average molecular weight is 239 g/mol. The van der Waals surface area contributed by atoms with Crippen LogP contribution >= 0.6 is 0 Å². The van der Waals surface area contributed by atoms with Gasteiger partial charge < -0.3 is 19.9 Å². The van der Waals surface area contributed by atoms with Crippen molar-refractivity contribution in [3.05, 3.63) is 23.8 Å². The van der Waals surface area contributed by atoms with E-state index in [0.717, 1.165) is 5.56 Å². The van der Waals surface area contributed by atoms with Gasteiger partial charge in [-0.3, -0.25) is 4.79 Å². The Hall–Kier alpha value is -1.75. The molecule has 1 amide bonds. The molecule has 0 unspecified atom stereocenters. The van der Waals surface area contributed by atoms with Crippen molar-refractivity contribution in [3.8, 4) is 11.5 Å². The summed E-state index contributed by atoms with van der Waals surface area (Å²) >= 11 is 0. The number of amides is 1. The van der Waals surface area contributed by atoms with Gasteiger partial charge in [0, 0.05) is 7.11 Å². The zero-order valence-electron chi connectivity index (χ0n) is 10.2. The van der Waals surface area contributed by atoms with Gasteiger partial charge in [0.2, 0.25) is 5.91 Å². The van der Waals surface area contributed by atoms with E-state index in [1.807, 2.05) is 6.92 Å². The van der Waals surface area contributed by atoms with Crippen molar-refractivity contribution >= 4 is 5.91 Å². The van der Waals surface area contributed by atoms with Crippen LogP contribution in [0, 0.1) is 0 Å². The summed E-state index contributed by atoms with van der Waals surface area (Å²) in [6.07, 6.45) is 0. The van der Waals surface area contributed by atoms with Gasteiger partial charge in [-0.1, -0.05) is 6.07 Å². The molecule has 1 rings (SSSR count). The van der Waals surface area contributed by atoms with E-state index in [4.69, 9.17) is 9.47 Å². The highest BCUT2D eigenvalue weighted by atomic mass is 16.5. The molecule has 0 aliphatic heterocycles. The van der Waals surface area contributed by atoms with Gasteiger partial charge in [-0.2, -0.15) is 0 Å². The Kier molecular flexibility index (Phi) is 4.78. The third-order valence-electron chi connectivity index (χ3n) is 2.36. The highest BCUT2D eigenvalue weighted by Crippen LogP contribution is 2.28. The number of ether oxygens (including phenoxy) is 2. The Morgan fingerprint density at radius 3 is 2.76 bits per heavy atom. The number of phenolic OH excluding ortho intramolecular Hbond substituents is 1. The third kappa shape index (κ3) is 3.64. The zero-order valence-corrected chi connectivity index (χ0v) is 10.2. The van der Waals surface area contributed by atoms with Gasteiger partial charge in [-0.15, -0.1) is 0 Å². The quantitative estimate of drug-likeness (QED) is 0.810. The van der Waals surface area contributed by atoms with E-state index >= 15 is 0 Å². The van der Waals surface area contributed by atoms with Crippen LogP contribution in [0.3, 0.4) is 0 Å². The molecule has 1 aromatic rings. The second-order valence-corrected chi connectivity index (χ2v) is 3.65. The number of nitrogens with one attached hydrogen (secondary N) is 1. The molecule has 94 valence electrons. The molecule has 0 saturated carbocycles. The monoisotopic (exact) mass is 239 g/mol. The van der Waals surface area contributed by atoms with Crippen molar-refractivity contribution in [1.82, 2.24) is 5.32 Å². The molecule has 0 saturated heterocycles. The van der Waals surface area contributed by atoms with E-state index in [0.29, 0.717) is 5.75 Å². The maximum atomic E-state index is 11.3. The predicted octanol–water partition coefficient (Wildman–Crippen LogP) is 1.22. The molecule has 2 N–H and O–H groups in total. The van der Waals surface area contributed by atoms with Gasteiger partial charge in [0.1, 0.15) is 6.61 Å². The molecule has 0 radical (unpaired) electrons. The van der Waals surface area contributed by atoms with Crippen molar-refractivity contribution in [3.63, 3.8) is 0 Å². The summed E-state index contributed by atoms with van der Waals surface area (Å²) in [5, 5.41) is 12.2. The molecule has 0 aromatic heterocycles. The minimum Gasteiger partial charge on any atom is -0.504 e. The van der Waals surface area contributed by atoms with Crippen molar-refractivity contribution in [1.29, 1.82) is 0 Å². The van der Waals surface area contributed by atoms with Crippen molar-refractivity contribution in [2.75, 3.05) is 20.8 Å². The number of carbonyl (C=O) groups excluding carboxylic acids is 1. The Bertz CT molecular complexity index is 392. The Balaban J connectivity index is 2.75. The van der Waals surface area contributed by atoms with E-state index in [9.17, 15) is 9.90 Å². The molecular formula is C12H17NO4. The van der Waals surface area contributed by atoms with E-state index < -0.39 is 0 Å². The Morgan fingerprint density at radius 2 is 2.18 bits per heavy atom. The maximum Gasteiger partial charge on any atom is 0.246 e. The van der Waals surface area contributed by atoms with Crippen LogP contribution in [0.15, 0.2) is 18.2 Å². The predicted molar refractivity (Wildman–Crippen MR) is 63.1 cm³/mol. The Morgan fingerprint density at radius 1 is 1.47 bits per heavy atom. The van der Waals surface area contributed by atoms with Crippen LogP contribution in [0.25, 0.3) is 0 Å². The summed E-state index contributed by atoms with van der Waals surface area (Å²) in [5.41, 5.74) is 0.851. The number of methoxy groups -OCH3 is 2. The summed E-state index contributed by atoms with van der Waals surface area (Å²) < 4.78 is 9.73. The average Bonchev–Trinajstić information content (AvgIpc) is 2.29. The maximum absolute atomic E-state index is 11.3. The first kappa shape index (κ1) is 13.3. The van der Waals surface area contributed by atoms with Crippen molar-refractivity contribution in [2.24, 2.45) is 0 Å². The SMILES string of the molecule is COCC(=O)N[C@H](C)c1ccc(O)c(OC)c1. The summed E-state index contributed by atoms with van der Waals surface area (Å²) in [6, 6.07) is 4.78. The van der Waals surface area contributed by atoms with Gasteiger partial charge >= 0.3 is 0 Å². The lowest BCUT2D eigenvalue weighted by atomic mass is 10.1. The van der Waals surface area contributed by atoms with Crippen LogP contribution in [-0.4, -0.2) is 31.8 Å². The minimum atomic E-state index is -0.188. The third-order valence-corrected chi connectivity index (χ3v) is 2.36. The summed E-state index contributed by atoms with van der Waals surface area (Å²) in [5.74, 6) is 0.272. The number of phenols is 1. The van der Waals surface area contributed by atoms with Crippen molar-refractivity contribution in [2.45, 2.75) is 13.0 Å². The van der Waals surface area contributed by atoms with Gasteiger partial charge in [0.25, 0.3) is 0 Å². The topological polar surface area (TPSA) is 67.8 Å². The van der Waals surface area contributed by atoms with E-state index in [-0.39, 0.29) is 24.3 Å². The van der Waals surface area contributed by atoms with Gasteiger partial charge in [0.15, 0.2) is 11.5 Å². The molecule has 5 nitrogen and oxygen atoms in total. The van der Waals surface area contributed by atoms with Gasteiger partial charge in [-0.25, -0.2) is 0 Å². The van der Waals surface area contributed by atoms with Crippen LogP contribution in [0.2, 0.25) is 0 Å². The number of carbonyl (C=O) groups is 1. The number of hydrogen-bond acceptors (Lipinski definition) is 4. The number of aromatic hydroxyl groups is 1. The van der Waals surface area contributed by atoms with Crippen molar-refractivity contribution < 1.29 is 19.4 Å². The van der Waals surface area contributed by atoms with E-state index in [1.54, 1.807) is 12.1 Å². The summed E-state index contributed by atoms with van der Waals surface area (Å²) in [4.78, 5) is 11.3. The molecular weight excluding hydrogens is 222 g/mol. The van der Waals surface area contributed by atoms with Crippen LogP contribution in [0.4, 0.5) is 0 Å². The fraction of sp³-hybridized carbons (Fsp3) is 0.417. The molecule has 0 aliphatic rings. The first-order valence-electron chi connectivity index (χ1n) is 5.23. The van der Waals surface area contributed by atoms with Crippen LogP contribution in [-0.2, 0) is 9.53 Å². The number of benzene rings is 1. The largest absolute Gasteiger partial charge is 0.504 e. The Labute approximate surface area is 100 Å². The first-order valence-corrected chi connectivity index (χ1v) is 5.23. The lowest BCUT2D eigenvalue weighted by molar-refractivity contribution is -0.125. The molecule has 0 bridgehead atoms. The zero-order chi connectivity index (χ0) is 12.8. The molecule has 0 spiro atoms. The second kappa shape index (κ2) is 6.10. The molecule has 1 atom stereocenters. The fourth-order valence-electron chi connectivity index (χ4n) is 1.46. The van der Waals surface area contributed by atoms with Crippen LogP contribution < -0.4 is 10.1 Å². The highest BCUT2D eigenvalue weighted by Gasteiger charge is 2.11. The summed E-state index contributed by atoms with van der Waals surface area (Å²) in [7, 11) is 2.95. The minimum absolute atomic E-state index is 0.0273. The highest BCUT2D eigenvalue weighted by molar-refractivity contribution is 5.77. The van der Waals surface area contributed by atoms with Crippen LogP contribution in [0.1, 0.15) is 18.5 Å². The van der Waals surface area contributed by atoms with Gasteiger partial charge in [0.05, 0.1) is 13.2 Å². The van der Waals surface area contributed by atoms with Crippen LogP contribution in [0.5, 0.6) is 11.5 Å². The molecule has 17 heavy (non-hydrogen) atoms. The lowest BCUT2D eigenvalue weighted by Crippen LogP contribution is -2.29. The first-order chi connectivity index (χ1) is 8.08. The molecule has 0 aliphatic carbocycles. The van der Waals surface area contributed by atoms with E-state index in [2.05, 4.69) is 5.32 Å². The fourth-order valence-corrected chi connectivity index (χ4v) is 1.46. The molecule has 5 heteroatoms. The number of hydrogen-bond donors (Lipinski definition) is 2. The second-order valence-electron chi connectivity index (χ2n) is 3.65. The standard InChI is InChI=1S/C12H17NO4/c1-8(13-12(15)7-16-2)9-4-5-10(14)11(6-9)17-3/h4-6,8,14H,7H2,1-3H3,(H,13,15)/t8-/m1/s1.